The van der Waals surface area contributed by atoms with Crippen LogP contribution in [0, 0.1) is 18.8 Å². The summed E-state index contributed by atoms with van der Waals surface area (Å²) in [6.07, 6.45) is 0. The van der Waals surface area contributed by atoms with Crippen LogP contribution in [-0.4, -0.2) is 0 Å². The maximum absolute atomic E-state index is 2.50. The van der Waals surface area contributed by atoms with Crippen molar-refractivity contribution in [1.82, 2.24) is 0 Å². The number of benzene rings is 2. The van der Waals surface area contributed by atoms with E-state index in [1.165, 1.54) is 27.5 Å². The van der Waals surface area contributed by atoms with Gasteiger partial charge in [-0.15, -0.1) is 0 Å². The maximum Gasteiger partial charge on any atom is -0.0110 e. The van der Waals surface area contributed by atoms with E-state index in [9.17, 15) is 0 Å². The third-order valence-electron chi connectivity index (χ3n) is 4.95. The Morgan fingerprint density at radius 3 is 1.77 bits per heavy atom. The molecule has 0 amide bonds. The number of fused-ring (bicyclic) bond motifs is 1. The normalized spacial score (nSPS) is 12.9. The number of hydrogen-bond donors (Lipinski definition) is 0. The fourth-order valence-corrected chi connectivity index (χ4v) is 4.09. The van der Waals surface area contributed by atoms with E-state index in [-0.39, 0.29) is 5.41 Å². The fraction of sp³-hybridized carbons (Fsp3) is 0.545. The molecule has 120 valence electrons. The SMILES string of the molecule is Cc1c(C(C)(C)C)cc(C(C(C)C)C(C)C)c2ccccc12. The van der Waals surface area contributed by atoms with Crippen molar-refractivity contribution in [3.05, 3.63) is 47.0 Å². The molecule has 0 aliphatic carbocycles. The lowest BCUT2D eigenvalue weighted by Gasteiger charge is -2.31. The Labute approximate surface area is 136 Å². The maximum atomic E-state index is 2.50. The molecule has 0 unspecified atom stereocenters. The summed E-state index contributed by atoms with van der Waals surface area (Å²) in [5.74, 6) is 1.91. The average molecular weight is 296 g/mol. The standard InChI is InChI=1S/C22H32/c1-14(2)21(15(3)4)19-13-20(22(6,7)8)16(5)17-11-9-10-12-18(17)19/h9-15,21H,1-8H3. The Morgan fingerprint density at radius 2 is 1.32 bits per heavy atom. The van der Waals surface area contributed by atoms with Gasteiger partial charge in [-0.25, -0.2) is 0 Å². The Morgan fingerprint density at radius 1 is 0.818 bits per heavy atom. The van der Waals surface area contributed by atoms with E-state index < -0.39 is 0 Å². The predicted molar refractivity (Wildman–Crippen MR) is 99.8 cm³/mol. The highest BCUT2D eigenvalue weighted by Gasteiger charge is 2.26. The van der Waals surface area contributed by atoms with Gasteiger partial charge in [0.15, 0.2) is 0 Å². The van der Waals surface area contributed by atoms with E-state index in [4.69, 9.17) is 0 Å². The second-order valence-electron chi connectivity index (χ2n) is 8.45. The minimum absolute atomic E-state index is 0.182. The smallest absolute Gasteiger partial charge is 0.0110 e. The molecule has 0 spiro atoms. The Kier molecular flexibility index (Phi) is 4.70. The van der Waals surface area contributed by atoms with Gasteiger partial charge < -0.3 is 0 Å². The van der Waals surface area contributed by atoms with Crippen LogP contribution in [0.3, 0.4) is 0 Å². The van der Waals surface area contributed by atoms with Gasteiger partial charge in [-0.2, -0.15) is 0 Å². The van der Waals surface area contributed by atoms with Crippen LogP contribution in [0.2, 0.25) is 0 Å². The molecule has 0 saturated heterocycles. The topological polar surface area (TPSA) is 0 Å². The van der Waals surface area contributed by atoms with Crippen LogP contribution in [0.15, 0.2) is 30.3 Å². The second-order valence-corrected chi connectivity index (χ2v) is 8.45. The summed E-state index contributed by atoms with van der Waals surface area (Å²) in [7, 11) is 0. The minimum Gasteiger partial charge on any atom is -0.0622 e. The molecule has 0 radical (unpaired) electrons. The molecule has 2 rings (SSSR count). The molecule has 0 aromatic heterocycles. The molecule has 22 heavy (non-hydrogen) atoms. The molecule has 0 aliphatic rings. The van der Waals surface area contributed by atoms with E-state index in [0.717, 1.165) is 0 Å². The van der Waals surface area contributed by atoms with Crippen LogP contribution in [0.4, 0.5) is 0 Å². The number of rotatable bonds is 3. The van der Waals surface area contributed by atoms with Crippen molar-refractivity contribution in [3.8, 4) is 0 Å². The molecule has 0 aliphatic heterocycles. The third kappa shape index (κ3) is 3.07. The number of aryl methyl sites for hydroxylation is 1. The van der Waals surface area contributed by atoms with Crippen molar-refractivity contribution >= 4 is 10.8 Å². The summed E-state index contributed by atoms with van der Waals surface area (Å²) in [4.78, 5) is 0. The number of hydrogen-bond acceptors (Lipinski definition) is 0. The van der Waals surface area contributed by atoms with Gasteiger partial charge in [0.2, 0.25) is 0 Å². The van der Waals surface area contributed by atoms with Crippen LogP contribution < -0.4 is 0 Å². The molecule has 0 fully saturated rings. The van der Waals surface area contributed by atoms with Crippen LogP contribution in [0.1, 0.15) is 71.1 Å². The third-order valence-corrected chi connectivity index (χ3v) is 4.95. The van der Waals surface area contributed by atoms with Crippen LogP contribution in [0.25, 0.3) is 10.8 Å². The minimum atomic E-state index is 0.182. The first-order chi connectivity index (χ1) is 10.1. The molecule has 0 atom stereocenters. The lowest BCUT2D eigenvalue weighted by Crippen LogP contribution is -2.18. The van der Waals surface area contributed by atoms with Gasteiger partial charge in [0.1, 0.15) is 0 Å². The van der Waals surface area contributed by atoms with Crippen molar-refractivity contribution in [2.75, 3.05) is 0 Å². The zero-order valence-electron chi connectivity index (χ0n) is 15.6. The molecular weight excluding hydrogens is 264 g/mol. The van der Waals surface area contributed by atoms with Gasteiger partial charge in [-0.3, -0.25) is 0 Å². The molecular formula is C22H32. The van der Waals surface area contributed by atoms with Crippen molar-refractivity contribution in [3.63, 3.8) is 0 Å². The summed E-state index contributed by atoms with van der Waals surface area (Å²) in [5, 5.41) is 2.87. The van der Waals surface area contributed by atoms with Crippen LogP contribution in [-0.2, 0) is 5.41 Å². The summed E-state index contributed by atoms with van der Waals surface area (Å²) >= 11 is 0. The first-order valence-corrected chi connectivity index (χ1v) is 8.67. The van der Waals surface area contributed by atoms with Crippen molar-refractivity contribution in [2.24, 2.45) is 11.8 Å². The van der Waals surface area contributed by atoms with E-state index in [0.29, 0.717) is 17.8 Å². The molecule has 2 aromatic rings. The van der Waals surface area contributed by atoms with Gasteiger partial charge in [0.25, 0.3) is 0 Å². The van der Waals surface area contributed by atoms with Gasteiger partial charge in [0, 0.05) is 0 Å². The molecule has 0 heterocycles. The van der Waals surface area contributed by atoms with Crippen molar-refractivity contribution in [2.45, 2.75) is 66.7 Å². The predicted octanol–water partition coefficient (Wildman–Crippen LogP) is 6.84. The highest BCUT2D eigenvalue weighted by atomic mass is 14.3. The average Bonchev–Trinajstić information content (AvgIpc) is 2.39. The van der Waals surface area contributed by atoms with Crippen molar-refractivity contribution < 1.29 is 0 Å². The van der Waals surface area contributed by atoms with Gasteiger partial charge in [-0.1, -0.05) is 78.8 Å². The van der Waals surface area contributed by atoms with Gasteiger partial charge >= 0.3 is 0 Å². The summed E-state index contributed by atoms with van der Waals surface area (Å²) in [6, 6.07) is 11.5. The quantitative estimate of drug-likeness (QED) is 0.581. The van der Waals surface area contributed by atoms with E-state index in [1.807, 2.05) is 0 Å². The van der Waals surface area contributed by atoms with Gasteiger partial charge in [0.05, 0.1) is 0 Å². The summed E-state index contributed by atoms with van der Waals surface area (Å²) < 4.78 is 0. The lowest BCUT2D eigenvalue weighted by atomic mass is 9.74. The molecule has 0 bridgehead atoms. The Hall–Kier alpha value is -1.30. The fourth-order valence-electron chi connectivity index (χ4n) is 4.09. The van der Waals surface area contributed by atoms with E-state index >= 15 is 0 Å². The lowest BCUT2D eigenvalue weighted by molar-refractivity contribution is 0.389. The van der Waals surface area contributed by atoms with E-state index in [2.05, 4.69) is 85.7 Å². The summed E-state index contributed by atoms with van der Waals surface area (Å²) in [5.41, 5.74) is 4.66. The monoisotopic (exact) mass is 296 g/mol. The Bertz CT molecular complexity index is 646. The largest absolute Gasteiger partial charge is 0.0622 e. The van der Waals surface area contributed by atoms with Gasteiger partial charge in [-0.05, 0) is 57.6 Å². The molecule has 0 heteroatoms. The van der Waals surface area contributed by atoms with Crippen LogP contribution in [0.5, 0.6) is 0 Å². The molecule has 0 saturated carbocycles. The first kappa shape index (κ1) is 17.1. The zero-order chi connectivity index (χ0) is 16.7. The molecule has 0 nitrogen and oxygen atoms in total. The zero-order valence-corrected chi connectivity index (χ0v) is 15.6. The first-order valence-electron chi connectivity index (χ1n) is 8.67. The van der Waals surface area contributed by atoms with Crippen LogP contribution >= 0.6 is 0 Å². The molecule has 0 N–H and O–H groups in total. The second kappa shape index (κ2) is 6.07. The molecule has 2 aromatic carbocycles. The highest BCUT2D eigenvalue weighted by molar-refractivity contribution is 5.90. The van der Waals surface area contributed by atoms with E-state index in [1.54, 1.807) is 0 Å². The Balaban J connectivity index is 2.86. The summed E-state index contributed by atoms with van der Waals surface area (Å²) in [6.45, 7) is 18.7. The van der Waals surface area contributed by atoms with Crippen molar-refractivity contribution in [1.29, 1.82) is 0 Å². The highest BCUT2D eigenvalue weighted by Crippen LogP contribution is 2.40.